The lowest BCUT2D eigenvalue weighted by Crippen LogP contribution is -2.41. The summed E-state index contributed by atoms with van der Waals surface area (Å²) < 4.78 is 5.18. The predicted molar refractivity (Wildman–Crippen MR) is 40.9 cm³/mol. The lowest BCUT2D eigenvalue weighted by Gasteiger charge is -2.30. The topological polar surface area (TPSA) is 46.5 Å². The monoisotopic (exact) mass is 178 g/mol. The van der Waals surface area contributed by atoms with Crippen LogP contribution in [0, 0.1) is 0 Å². The molecule has 0 bridgehead atoms. The number of aliphatic carboxylic acids is 1. The first-order valence-corrected chi connectivity index (χ1v) is 3.96. The van der Waals surface area contributed by atoms with Crippen molar-refractivity contribution in [1.82, 2.24) is 0 Å². The largest absolute Gasteiger partial charge is 0.480 e. The van der Waals surface area contributed by atoms with E-state index in [0.29, 0.717) is 19.4 Å². The molecule has 0 saturated carbocycles. The highest BCUT2D eigenvalue weighted by Crippen LogP contribution is 2.31. The van der Waals surface area contributed by atoms with Crippen molar-refractivity contribution < 1.29 is 14.6 Å². The fourth-order valence-electron chi connectivity index (χ4n) is 1.23. The molecule has 1 N–H and O–H groups in total. The van der Waals surface area contributed by atoms with E-state index < -0.39 is 10.8 Å². The molecule has 1 heterocycles. The molecule has 0 radical (unpaired) electrons. The molecule has 11 heavy (non-hydrogen) atoms. The molecule has 4 heteroatoms. The van der Waals surface area contributed by atoms with Crippen LogP contribution in [0.4, 0.5) is 0 Å². The summed E-state index contributed by atoms with van der Waals surface area (Å²) in [7, 11) is 0. The molecule has 0 amide bonds. The molecule has 1 rings (SSSR count). The second kappa shape index (κ2) is 2.99. The van der Waals surface area contributed by atoms with Gasteiger partial charge in [-0.25, -0.2) is 0 Å². The van der Waals surface area contributed by atoms with Crippen molar-refractivity contribution in [2.45, 2.75) is 30.7 Å². The summed E-state index contributed by atoms with van der Waals surface area (Å²) in [5, 5.41) is 8.73. The van der Waals surface area contributed by atoms with Gasteiger partial charge in [0.05, 0.1) is 6.10 Å². The van der Waals surface area contributed by atoms with E-state index in [0.717, 1.165) is 0 Å². The number of alkyl halides is 1. The van der Waals surface area contributed by atoms with Crippen molar-refractivity contribution in [1.29, 1.82) is 0 Å². The van der Waals surface area contributed by atoms with Crippen LogP contribution >= 0.6 is 11.6 Å². The van der Waals surface area contributed by atoms with Gasteiger partial charge in [-0.1, -0.05) is 0 Å². The average molecular weight is 179 g/mol. The van der Waals surface area contributed by atoms with Gasteiger partial charge in [0.15, 0.2) is 0 Å². The van der Waals surface area contributed by atoms with Gasteiger partial charge in [0.25, 0.3) is 0 Å². The maximum absolute atomic E-state index is 10.6. The molecule has 0 aliphatic carbocycles. The molecule has 1 fully saturated rings. The van der Waals surface area contributed by atoms with E-state index in [1.54, 1.807) is 0 Å². The Morgan fingerprint density at radius 3 is 2.82 bits per heavy atom. The molecule has 3 nitrogen and oxygen atoms in total. The van der Waals surface area contributed by atoms with Crippen molar-refractivity contribution >= 4 is 17.6 Å². The SMILES string of the molecule is CC1CC(Cl)(C(=O)O)CCO1. The van der Waals surface area contributed by atoms with Gasteiger partial charge in [0.2, 0.25) is 0 Å². The number of halogens is 1. The molecule has 2 unspecified atom stereocenters. The number of ether oxygens (including phenoxy) is 1. The first kappa shape index (κ1) is 8.81. The highest BCUT2D eigenvalue weighted by Gasteiger charge is 2.40. The molecular formula is C7H11ClO3. The van der Waals surface area contributed by atoms with Crippen LogP contribution in [-0.2, 0) is 9.53 Å². The summed E-state index contributed by atoms with van der Waals surface area (Å²) >= 11 is 5.83. The van der Waals surface area contributed by atoms with Gasteiger partial charge >= 0.3 is 5.97 Å². The Morgan fingerprint density at radius 2 is 2.45 bits per heavy atom. The van der Waals surface area contributed by atoms with E-state index in [9.17, 15) is 4.79 Å². The Hall–Kier alpha value is -0.280. The molecule has 0 spiro atoms. The van der Waals surface area contributed by atoms with Gasteiger partial charge in [0.1, 0.15) is 4.87 Å². The van der Waals surface area contributed by atoms with E-state index in [4.69, 9.17) is 21.4 Å². The smallest absolute Gasteiger partial charge is 0.324 e. The maximum Gasteiger partial charge on any atom is 0.324 e. The van der Waals surface area contributed by atoms with Crippen LogP contribution in [0.1, 0.15) is 19.8 Å². The summed E-state index contributed by atoms with van der Waals surface area (Å²) in [6.07, 6.45) is 0.746. The van der Waals surface area contributed by atoms with Crippen molar-refractivity contribution in [2.75, 3.05) is 6.61 Å². The van der Waals surface area contributed by atoms with Gasteiger partial charge < -0.3 is 9.84 Å². The van der Waals surface area contributed by atoms with Crippen molar-refractivity contribution in [2.24, 2.45) is 0 Å². The van der Waals surface area contributed by atoms with Crippen LogP contribution in [-0.4, -0.2) is 28.7 Å². The summed E-state index contributed by atoms with van der Waals surface area (Å²) in [6, 6.07) is 0. The van der Waals surface area contributed by atoms with Gasteiger partial charge in [-0.15, -0.1) is 11.6 Å². The van der Waals surface area contributed by atoms with E-state index in [1.165, 1.54) is 0 Å². The molecule has 1 aliphatic heterocycles. The lowest BCUT2D eigenvalue weighted by atomic mass is 9.95. The minimum absolute atomic E-state index is 0.0441. The second-order valence-electron chi connectivity index (χ2n) is 2.91. The van der Waals surface area contributed by atoms with Crippen molar-refractivity contribution in [3.63, 3.8) is 0 Å². The number of carboxylic acids is 1. The Kier molecular flexibility index (Phi) is 2.40. The van der Waals surface area contributed by atoms with Crippen LogP contribution < -0.4 is 0 Å². The number of hydrogen-bond donors (Lipinski definition) is 1. The fourth-order valence-corrected chi connectivity index (χ4v) is 1.53. The standard InChI is InChI=1S/C7H11ClO3/c1-5-4-7(8,6(9)10)2-3-11-5/h5H,2-4H2,1H3,(H,9,10). The Labute approximate surface area is 70.3 Å². The highest BCUT2D eigenvalue weighted by atomic mass is 35.5. The van der Waals surface area contributed by atoms with Gasteiger partial charge in [-0.05, 0) is 6.92 Å². The number of rotatable bonds is 1. The molecule has 2 atom stereocenters. The Balaban J connectivity index is 2.63. The minimum Gasteiger partial charge on any atom is -0.480 e. The van der Waals surface area contributed by atoms with E-state index in [-0.39, 0.29) is 6.10 Å². The normalized spacial score (nSPS) is 38.5. The number of hydrogen-bond acceptors (Lipinski definition) is 2. The van der Waals surface area contributed by atoms with Gasteiger partial charge in [-0.3, -0.25) is 4.79 Å². The fraction of sp³-hybridized carbons (Fsp3) is 0.857. The first-order chi connectivity index (χ1) is 5.04. The van der Waals surface area contributed by atoms with E-state index >= 15 is 0 Å². The third-order valence-electron chi connectivity index (χ3n) is 1.89. The third-order valence-corrected chi connectivity index (χ3v) is 2.40. The quantitative estimate of drug-likeness (QED) is 0.615. The lowest BCUT2D eigenvalue weighted by molar-refractivity contribution is -0.144. The molecule has 0 aromatic carbocycles. The highest BCUT2D eigenvalue weighted by molar-refractivity contribution is 6.33. The van der Waals surface area contributed by atoms with Crippen LogP contribution in [0.25, 0.3) is 0 Å². The minimum atomic E-state index is -1.09. The maximum atomic E-state index is 10.6. The average Bonchev–Trinajstić information content (AvgIpc) is 1.86. The second-order valence-corrected chi connectivity index (χ2v) is 3.63. The van der Waals surface area contributed by atoms with Crippen LogP contribution in [0.2, 0.25) is 0 Å². The molecule has 0 aromatic heterocycles. The summed E-state index contributed by atoms with van der Waals surface area (Å²) in [5.74, 6) is -0.936. The van der Waals surface area contributed by atoms with Crippen LogP contribution in [0.5, 0.6) is 0 Å². The molecule has 64 valence electrons. The van der Waals surface area contributed by atoms with Gasteiger partial charge in [-0.2, -0.15) is 0 Å². The molecule has 0 aromatic rings. The van der Waals surface area contributed by atoms with Crippen LogP contribution in [0.3, 0.4) is 0 Å². The van der Waals surface area contributed by atoms with Crippen molar-refractivity contribution in [3.05, 3.63) is 0 Å². The zero-order valence-electron chi connectivity index (χ0n) is 6.34. The summed E-state index contributed by atoms with van der Waals surface area (Å²) in [5.41, 5.74) is 0. The summed E-state index contributed by atoms with van der Waals surface area (Å²) in [6.45, 7) is 2.27. The van der Waals surface area contributed by atoms with E-state index in [1.807, 2.05) is 6.92 Å². The zero-order chi connectivity index (χ0) is 8.48. The predicted octanol–water partition coefficient (Wildman–Crippen LogP) is 1.25. The summed E-state index contributed by atoms with van der Waals surface area (Å²) in [4.78, 5) is 9.55. The molecule has 1 saturated heterocycles. The number of carboxylic acid groups (broad SMARTS) is 1. The van der Waals surface area contributed by atoms with E-state index in [2.05, 4.69) is 0 Å². The third kappa shape index (κ3) is 1.84. The molecule has 1 aliphatic rings. The van der Waals surface area contributed by atoms with Crippen LogP contribution in [0.15, 0.2) is 0 Å². The zero-order valence-corrected chi connectivity index (χ0v) is 7.10. The molecular weight excluding hydrogens is 168 g/mol. The Bertz CT molecular complexity index is 171. The first-order valence-electron chi connectivity index (χ1n) is 3.58. The van der Waals surface area contributed by atoms with Crippen molar-refractivity contribution in [3.8, 4) is 0 Å². The Morgan fingerprint density at radius 1 is 1.82 bits per heavy atom. The van der Waals surface area contributed by atoms with Gasteiger partial charge in [0, 0.05) is 19.4 Å². The number of carbonyl (C=O) groups is 1.